The molecular formula is C13H21N3. The van der Waals surface area contributed by atoms with Gasteiger partial charge in [0, 0.05) is 23.3 Å². The minimum absolute atomic E-state index is 0.0319. The predicted octanol–water partition coefficient (Wildman–Crippen LogP) is 2.20. The number of hydrogen-bond donors (Lipinski definition) is 1. The van der Waals surface area contributed by atoms with Crippen LogP contribution in [0.25, 0.3) is 0 Å². The molecule has 1 heterocycles. The van der Waals surface area contributed by atoms with Gasteiger partial charge < -0.3 is 5.73 Å². The second kappa shape index (κ2) is 3.81. The first-order valence-corrected chi connectivity index (χ1v) is 5.99. The summed E-state index contributed by atoms with van der Waals surface area (Å²) in [6.07, 6.45) is 8.30. The molecule has 1 aromatic heterocycles. The molecule has 0 amide bonds. The number of aromatic nitrogens is 2. The molecule has 0 atom stereocenters. The molecule has 2 rings (SSSR count). The summed E-state index contributed by atoms with van der Waals surface area (Å²) in [6, 6.07) is 0. The van der Waals surface area contributed by atoms with Crippen molar-refractivity contribution in [1.82, 2.24) is 9.97 Å². The summed E-state index contributed by atoms with van der Waals surface area (Å²) in [5.74, 6) is 0.908. The molecule has 3 nitrogen and oxygen atoms in total. The lowest BCUT2D eigenvalue weighted by Crippen LogP contribution is -2.22. The molecule has 0 aromatic carbocycles. The third kappa shape index (κ3) is 2.79. The summed E-state index contributed by atoms with van der Waals surface area (Å²) < 4.78 is 0. The standard InChI is InChI=1S/C13H21N3/c1-12(2,3)11-15-8-10(9-16-11)4-5-13(14)6-7-13/h8-9H,4-7,14H2,1-3H3. The van der Waals surface area contributed by atoms with Crippen molar-refractivity contribution < 1.29 is 0 Å². The molecule has 0 saturated heterocycles. The SMILES string of the molecule is CC(C)(C)c1ncc(CCC2(N)CC2)cn1. The van der Waals surface area contributed by atoms with E-state index in [-0.39, 0.29) is 11.0 Å². The lowest BCUT2D eigenvalue weighted by Gasteiger charge is -2.16. The van der Waals surface area contributed by atoms with Crippen LogP contribution in [0.5, 0.6) is 0 Å². The second-order valence-corrected chi connectivity index (χ2v) is 6.03. The molecule has 0 unspecified atom stereocenters. The summed E-state index contributed by atoms with van der Waals surface area (Å²) in [5.41, 5.74) is 7.41. The van der Waals surface area contributed by atoms with Crippen molar-refractivity contribution >= 4 is 0 Å². The van der Waals surface area contributed by atoms with Gasteiger partial charge in [-0.1, -0.05) is 20.8 Å². The molecule has 0 aliphatic heterocycles. The fourth-order valence-corrected chi connectivity index (χ4v) is 1.68. The molecule has 1 aromatic rings. The van der Waals surface area contributed by atoms with Crippen molar-refractivity contribution in [2.24, 2.45) is 5.73 Å². The number of hydrogen-bond acceptors (Lipinski definition) is 3. The Morgan fingerprint density at radius 1 is 1.25 bits per heavy atom. The number of rotatable bonds is 3. The Labute approximate surface area is 97.5 Å². The van der Waals surface area contributed by atoms with E-state index in [0.717, 1.165) is 18.7 Å². The lowest BCUT2D eigenvalue weighted by molar-refractivity contribution is 0.542. The maximum atomic E-state index is 6.05. The maximum Gasteiger partial charge on any atom is 0.133 e. The molecule has 3 heteroatoms. The van der Waals surface area contributed by atoms with E-state index in [0.29, 0.717) is 0 Å². The highest BCUT2D eigenvalue weighted by molar-refractivity contribution is 5.11. The Balaban J connectivity index is 1.96. The Hall–Kier alpha value is -0.960. The average molecular weight is 219 g/mol. The minimum Gasteiger partial charge on any atom is -0.325 e. The molecule has 1 saturated carbocycles. The van der Waals surface area contributed by atoms with Gasteiger partial charge in [0.05, 0.1) is 0 Å². The monoisotopic (exact) mass is 219 g/mol. The van der Waals surface area contributed by atoms with Crippen molar-refractivity contribution in [2.45, 2.75) is 57.4 Å². The van der Waals surface area contributed by atoms with Crippen LogP contribution in [-0.2, 0) is 11.8 Å². The summed E-state index contributed by atoms with van der Waals surface area (Å²) >= 11 is 0. The Morgan fingerprint density at radius 2 is 1.81 bits per heavy atom. The van der Waals surface area contributed by atoms with Crippen LogP contribution in [0.15, 0.2) is 12.4 Å². The van der Waals surface area contributed by atoms with E-state index in [4.69, 9.17) is 5.73 Å². The molecule has 1 aliphatic rings. The highest BCUT2D eigenvalue weighted by Crippen LogP contribution is 2.36. The summed E-state index contributed by atoms with van der Waals surface area (Å²) in [7, 11) is 0. The van der Waals surface area contributed by atoms with Crippen LogP contribution in [0, 0.1) is 0 Å². The van der Waals surface area contributed by atoms with E-state index >= 15 is 0 Å². The zero-order valence-corrected chi connectivity index (χ0v) is 10.5. The van der Waals surface area contributed by atoms with E-state index < -0.39 is 0 Å². The van der Waals surface area contributed by atoms with Crippen molar-refractivity contribution in [2.75, 3.05) is 0 Å². The van der Waals surface area contributed by atoms with Gasteiger partial charge in [-0.05, 0) is 31.2 Å². The molecule has 88 valence electrons. The van der Waals surface area contributed by atoms with Gasteiger partial charge in [-0.25, -0.2) is 9.97 Å². The third-order valence-electron chi connectivity index (χ3n) is 3.18. The van der Waals surface area contributed by atoms with E-state index in [1.807, 2.05) is 12.4 Å². The van der Waals surface area contributed by atoms with E-state index in [1.54, 1.807) is 0 Å². The lowest BCUT2D eigenvalue weighted by atomic mass is 9.95. The molecule has 2 N–H and O–H groups in total. The molecule has 0 spiro atoms. The van der Waals surface area contributed by atoms with Gasteiger partial charge in [0.25, 0.3) is 0 Å². The quantitative estimate of drug-likeness (QED) is 0.848. The van der Waals surface area contributed by atoms with E-state index in [1.165, 1.54) is 18.4 Å². The van der Waals surface area contributed by atoms with Crippen LogP contribution in [0.4, 0.5) is 0 Å². The zero-order chi connectivity index (χ0) is 11.8. The zero-order valence-electron chi connectivity index (χ0n) is 10.5. The van der Waals surface area contributed by atoms with Crippen LogP contribution >= 0.6 is 0 Å². The second-order valence-electron chi connectivity index (χ2n) is 6.03. The van der Waals surface area contributed by atoms with Gasteiger partial charge in [-0.2, -0.15) is 0 Å². The first kappa shape index (κ1) is 11.5. The van der Waals surface area contributed by atoms with Crippen molar-refractivity contribution in [1.29, 1.82) is 0 Å². The maximum absolute atomic E-state index is 6.05. The first-order valence-electron chi connectivity index (χ1n) is 5.99. The van der Waals surface area contributed by atoms with Crippen LogP contribution < -0.4 is 5.73 Å². The normalized spacial score (nSPS) is 18.5. The number of nitrogens with two attached hydrogens (primary N) is 1. The van der Waals surface area contributed by atoms with Crippen LogP contribution in [0.3, 0.4) is 0 Å². The molecular weight excluding hydrogens is 198 g/mol. The summed E-state index contributed by atoms with van der Waals surface area (Å²) in [5, 5.41) is 0. The third-order valence-corrected chi connectivity index (χ3v) is 3.18. The summed E-state index contributed by atoms with van der Waals surface area (Å²) in [6.45, 7) is 6.38. The Kier molecular flexibility index (Phi) is 2.74. The van der Waals surface area contributed by atoms with Gasteiger partial charge in [-0.15, -0.1) is 0 Å². The van der Waals surface area contributed by atoms with Gasteiger partial charge in [-0.3, -0.25) is 0 Å². The van der Waals surface area contributed by atoms with Gasteiger partial charge in [0.2, 0.25) is 0 Å². The topological polar surface area (TPSA) is 51.8 Å². The molecule has 0 radical (unpaired) electrons. The number of aryl methyl sites for hydroxylation is 1. The average Bonchev–Trinajstić information content (AvgIpc) is 2.94. The molecule has 1 aliphatic carbocycles. The first-order chi connectivity index (χ1) is 7.39. The molecule has 0 bridgehead atoms. The molecule has 1 fully saturated rings. The van der Waals surface area contributed by atoms with E-state index in [2.05, 4.69) is 30.7 Å². The Bertz CT molecular complexity index is 358. The Morgan fingerprint density at radius 3 is 2.25 bits per heavy atom. The van der Waals surface area contributed by atoms with Crippen LogP contribution in [-0.4, -0.2) is 15.5 Å². The van der Waals surface area contributed by atoms with Gasteiger partial charge in [0.1, 0.15) is 5.82 Å². The fraction of sp³-hybridized carbons (Fsp3) is 0.692. The molecule has 16 heavy (non-hydrogen) atoms. The van der Waals surface area contributed by atoms with Crippen molar-refractivity contribution in [3.63, 3.8) is 0 Å². The fourth-order valence-electron chi connectivity index (χ4n) is 1.68. The number of nitrogens with zero attached hydrogens (tertiary/aromatic N) is 2. The van der Waals surface area contributed by atoms with Gasteiger partial charge in [0.15, 0.2) is 0 Å². The van der Waals surface area contributed by atoms with Gasteiger partial charge >= 0.3 is 0 Å². The largest absolute Gasteiger partial charge is 0.325 e. The highest BCUT2D eigenvalue weighted by Gasteiger charge is 2.37. The summed E-state index contributed by atoms with van der Waals surface area (Å²) in [4.78, 5) is 8.84. The minimum atomic E-state index is 0.0319. The van der Waals surface area contributed by atoms with Crippen LogP contribution in [0.2, 0.25) is 0 Å². The van der Waals surface area contributed by atoms with Crippen molar-refractivity contribution in [3.05, 3.63) is 23.8 Å². The predicted molar refractivity (Wildman–Crippen MR) is 65.2 cm³/mol. The smallest absolute Gasteiger partial charge is 0.133 e. The highest BCUT2D eigenvalue weighted by atomic mass is 14.9. The van der Waals surface area contributed by atoms with E-state index in [9.17, 15) is 0 Å². The van der Waals surface area contributed by atoms with Crippen LogP contribution in [0.1, 0.15) is 51.4 Å². The van der Waals surface area contributed by atoms with Crippen molar-refractivity contribution in [3.8, 4) is 0 Å².